The highest BCUT2D eigenvalue weighted by molar-refractivity contribution is 5.89. The van der Waals surface area contributed by atoms with Crippen molar-refractivity contribution in [1.82, 2.24) is 20.3 Å². The third kappa shape index (κ3) is 3.64. The summed E-state index contributed by atoms with van der Waals surface area (Å²) in [6, 6.07) is 8.57. The standard InChI is InChI=1S/C18H19N5O3/c1-4-19-18(24)23-16-8-7-13-17(22-16)21-14(10-20-13)12-6-5-11(25-2)9-15(12)26-3/h5-10H,4H2,1-3H3,(H2,19,21,22,23,24). The number of methoxy groups -OCH3 is 2. The number of urea groups is 1. The normalized spacial score (nSPS) is 10.4. The Morgan fingerprint density at radius 2 is 1.96 bits per heavy atom. The number of pyridine rings is 1. The molecule has 0 saturated carbocycles. The second-order valence-electron chi connectivity index (χ2n) is 5.35. The van der Waals surface area contributed by atoms with Gasteiger partial charge in [-0.2, -0.15) is 0 Å². The van der Waals surface area contributed by atoms with E-state index < -0.39 is 0 Å². The van der Waals surface area contributed by atoms with Crippen LogP contribution < -0.4 is 20.1 Å². The number of ether oxygens (including phenoxy) is 2. The van der Waals surface area contributed by atoms with E-state index in [0.29, 0.717) is 40.7 Å². The number of fused-ring (bicyclic) bond motifs is 1. The Hall–Kier alpha value is -3.42. The largest absolute Gasteiger partial charge is 0.497 e. The summed E-state index contributed by atoms with van der Waals surface area (Å²) in [4.78, 5) is 25.0. The molecule has 2 heterocycles. The maximum atomic E-state index is 11.7. The molecule has 2 amide bonds. The van der Waals surface area contributed by atoms with E-state index >= 15 is 0 Å². The van der Waals surface area contributed by atoms with E-state index in [4.69, 9.17) is 9.47 Å². The average molecular weight is 353 g/mol. The second-order valence-corrected chi connectivity index (χ2v) is 5.35. The number of carbonyl (C=O) groups excluding carboxylic acids is 1. The predicted molar refractivity (Wildman–Crippen MR) is 98.6 cm³/mol. The van der Waals surface area contributed by atoms with Crippen LogP contribution in [0.25, 0.3) is 22.4 Å². The first-order valence-corrected chi connectivity index (χ1v) is 8.05. The van der Waals surface area contributed by atoms with Crippen molar-refractivity contribution in [2.75, 3.05) is 26.1 Å². The lowest BCUT2D eigenvalue weighted by atomic mass is 10.1. The summed E-state index contributed by atoms with van der Waals surface area (Å²) in [5.41, 5.74) is 2.43. The minimum Gasteiger partial charge on any atom is -0.497 e. The number of hydrogen-bond acceptors (Lipinski definition) is 6. The van der Waals surface area contributed by atoms with Gasteiger partial charge in [0.05, 0.1) is 26.1 Å². The molecule has 1 aromatic carbocycles. The summed E-state index contributed by atoms with van der Waals surface area (Å²) in [5, 5.41) is 5.31. The molecule has 0 bridgehead atoms. The Morgan fingerprint density at radius 1 is 1.12 bits per heavy atom. The Bertz CT molecular complexity index is 945. The molecule has 0 fully saturated rings. The number of hydrogen-bond donors (Lipinski definition) is 2. The molecule has 8 nitrogen and oxygen atoms in total. The van der Waals surface area contributed by atoms with Crippen molar-refractivity contribution in [3.05, 3.63) is 36.5 Å². The minimum atomic E-state index is -0.319. The number of carbonyl (C=O) groups is 1. The lowest BCUT2D eigenvalue weighted by Gasteiger charge is -2.10. The van der Waals surface area contributed by atoms with E-state index in [-0.39, 0.29) is 6.03 Å². The minimum absolute atomic E-state index is 0.319. The second kappa shape index (κ2) is 7.64. The number of aromatic nitrogens is 3. The van der Waals surface area contributed by atoms with Gasteiger partial charge in [-0.25, -0.2) is 14.8 Å². The molecule has 0 spiro atoms. The average Bonchev–Trinajstić information content (AvgIpc) is 2.67. The molecule has 0 aliphatic rings. The zero-order chi connectivity index (χ0) is 18.5. The van der Waals surface area contributed by atoms with Crippen LogP contribution >= 0.6 is 0 Å². The van der Waals surface area contributed by atoms with Crippen molar-refractivity contribution >= 4 is 23.0 Å². The van der Waals surface area contributed by atoms with Gasteiger partial charge < -0.3 is 14.8 Å². The third-order valence-corrected chi connectivity index (χ3v) is 3.67. The Labute approximate surface area is 150 Å². The number of anilines is 1. The summed E-state index contributed by atoms with van der Waals surface area (Å²) < 4.78 is 10.6. The van der Waals surface area contributed by atoms with E-state index in [1.54, 1.807) is 38.6 Å². The van der Waals surface area contributed by atoms with Gasteiger partial charge in [0.2, 0.25) is 0 Å². The van der Waals surface area contributed by atoms with Crippen molar-refractivity contribution in [2.45, 2.75) is 6.92 Å². The molecular weight excluding hydrogens is 334 g/mol. The van der Waals surface area contributed by atoms with Crippen LogP contribution in [0.3, 0.4) is 0 Å². The molecule has 3 aromatic rings. The predicted octanol–water partition coefficient (Wildman–Crippen LogP) is 2.85. The van der Waals surface area contributed by atoms with Crippen LogP contribution in [0.1, 0.15) is 6.92 Å². The van der Waals surface area contributed by atoms with Crippen LogP contribution in [0.4, 0.5) is 10.6 Å². The monoisotopic (exact) mass is 353 g/mol. The highest BCUT2D eigenvalue weighted by Gasteiger charge is 2.11. The van der Waals surface area contributed by atoms with Gasteiger partial charge in [0.1, 0.15) is 22.8 Å². The van der Waals surface area contributed by atoms with Gasteiger partial charge in [0.15, 0.2) is 5.65 Å². The number of nitrogens with one attached hydrogen (secondary N) is 2. The molecule has 26 heavy (non-hydrogen) atoms. The first-order chi connectivity index (χ1) is 12.6. The molecule has 134 valence electrons. The fraction of sp³-hybridized carbons (Fsp3) is 0.222. The van der Waals surface area contributed by atoms with Crippen molar-refractivity contribution < 1.29 is 14.3 Å². The number of benzene rings is 1. The highest BCUT2D eigenvalue weighted by Crippen LogP contribution is 2.32. The summed E-state index contributed by atoms with van der Waals surface area (Å²) in [6.07, 6.45) is 1.66. The number of amides is 2. The molecule has 0 radical (unpaired) electrons. The maximum Gasteiger partial charge on any atom is 0.320 e. The third-order valence-electron chi connectivity index (χ3n) is 3.67. The van der Waals surface area contributed by atoms with Crippen LogP contribution in [0.15, 0.2) is 36.5 Å². The van der Waals surface area contributed by atoms with E-state index in [2.05, 4.69) is 25.6 Å². The molecule has 0 unspecified atom stereocenters. The maximum absolute atomic E-state index is 11.7. The lowest BCUT2D eigenvalue weighted by Crippen LogP contribution is -2.28. The number of nitrogens with zero attached hydrogens (tertiary/aromatic N) is 3. The first-order valence-electron chi connectivity index (χ1n) is 8.05. The first kappa shape index (κ1) is 17.4. The lowest BCUT2D eigenvalue weighted by molar-refractivity contribution is 0.252. The Morgan fingerprint density at radius 3 is 2.69 bits per heavy atom. The Kier molecular flexibility index (Phi) is 5.12. The zero-order valence-electron chi connectivity index (χ0n) is 14.7. The van der Waals surface area contributed by atoms with Crippen molar-refractivity contribution in [3.63, 3.8) is 0 Å². The molecule has 0 aliphatic heterocycles. The van der Waals surface area contributed by atoms with Gasteiger partial charge in [-0.15, -0.1) is 0 Å². The molecule has 0 aliphatic carbocycles. The summed E-state index contributed by atoms with van der Waals surface area (Å²) in [7, 11) is 3.18. The fourth-order valence-corrected chi connectivity index (χ4v) is 2.43. The van der Waals surface area contributed by atoms with E-state index in [1.165, 1.54) is 0 Å². The van der Waals surface area contributed by atoms with Crippen LogP contribution in [0, 0.1) is 0 Å². The molecule has 3 rings (SSSR count). The van der Waals surface area contributed by atoms with Crippen molar-refractivity contribution in [2.24, 2.45) is 0 Å². The zero-order valence-corrected chi connectivity index (χ0v) is 14.7. The van der Waals surface area contributed by atoms with Crippen LogP contribution in [0.2, 0.25) is 0 Å². The summed E-state index contributed by atoms with van der Waals surface area (Å²) >= 11 is 0. The van der Waals surface area contributed by atoms with Crippen LogP contribution in [-0.4, -0.2) is 41.7 Å². The van der Waals surface area contributed by atoms with Gasteiger partial charge >= 0.3 is 6.03 Å². The number of rotatable bonds is 5. The molecule has 0 atom stereocenters. The highest BCUT2D eigenvalue weighted by atomic mass is 16.5. The smallest absolute Gasteiger partial charge is 0.320 e. The summed E-state index contributed by atoms with van der Waals surface area (Å²) in [6.45, 7) is 2.37. The Balaban J connectivity index is 1.99. The van der Waals surface area contributed by atoms with Gasteiger partial charge in [0, 0.05) is 18.2 Å². The van der Waals surface area contributed by atoms with Gasteiger partial charge in [0.25, 0.3) is 0 Å². The molecule has 8 heteroatoms. The van der Waals surface area contributed by atoms with E-state index in [1.807, 2.05) is 19.1 Å². The summed E-state index contributed by atoms with van der Waals surface area (Å²) in [5.74, 6) is 1.71. The fourth-order valence-electron chi connectivity index (χ4n) is 2.43. The van der Waals surface area contributed by atoms with Crippen molar-refractivity contribution in [1.29, 1.82) is 0 Å². The molecule has 2 aromatic heterocycles. The topological polar surface area (TPSA) is 98.3 Å². The van der Waals surface area contributed by atoms with Gasteiger partial charge in [-0.1, -0.05) is 0 Å². The van der Waals surface area contributed by atoms with Crippen LogP contribution in [-0.2, 0) is 0 Å². The molecule has 2 N–H and O–H groups in total. The molecular formula is C18H19N5O3. The quantitative estimate of drug-likeness (QED) is 0.732. The SMILES string of the molecule is CCNC(=O)Nc1ccc2ncc(-c3ccc(OC)cc3OC)nc2n1. The van der Waals surface area contributed by atoms with E-state index in [9.17, 15) is 4.79 Å². The van der Waals surface area contributed by atoms with Gasteiger partial charge in [-0.3, -0.25) is 10.3 Å². The molecule has 0 saturated heterocycles. The van der Waals surface area contributed by atoms with Gasteiger partial charge in [-0.05, 0) is 31.2 Å². The van der Waals surface area contributed by atoms with Crippen molar-refractivity contribution in [3.8, 4) is 22.8 Å². The van der Waals surface area contributed by atoms with E-state index in [0.717, 1.165) is 5.56 Å². The van der Waals surface area contributed by atoms with Crippen LogP contribution in [0.5, 0.6) is 11.5 Å².